The van der Waals surface area contributed by atoms with Crippen molar-refractivity contribution >= 4 is 58.4 Å². The number of benzene rings is 1. The molecule has 4 N–H and O–H groups in total. The number of carbonyl (C=O) groups excluding carboxylic acids is 6. The van der Waals surface area contributed by atoms with Crippen LogP contribution in [0.15, 0.2) is 83.2 Å². The normalized spacial score (nSPS) is 15.9. The third kappa shape index (κ3) is 10.2. The molecule has 0 unspecified atom stereocenters. The maximum absolute atomic E-state index is 13.2. The Morgan fingerprint density at radius 3 is 1.84 bits per heavy atom. The molecule has 0 saturated carbocycles. The Hall–Kier alpha value is -6.05. The summed E-state index contributed by atoms with van der Waals surface area (Å²) in [5.41, 5.74) is 1.59. The maximum Gasteiger partial charge on any atom is 0.359 e. The molecule has 1 aromatic heterocycles. The van der Waals surface area contributed by atoms with Gasteiger partial charge in [-0.25, -0.2) is 24.2 Å². The van der Waals surface area contributed by atoms with Crippen LogP contribution >= 0.6 is 0 Å². The van der Waals surface area contributed by atoms with Gasteiger partial charge in [0.15, 0.2) is 17.3 Å². The third-order valence-electron chi connectivity index (χ3n) is 7.02. The van der Waals surface area contributed by atoms with E-state index in [0.29, 0.717) is 16.8 Å². The smallest absolute Gasteiger partial charge is 0.359 e. The average molecular weight is 672 g/mol. The molecule has 0 saturated heterocycles. The predicted molar refractivity (Wildman–Crippen MR) is 181 cm³/mol. The fraction of sp³-hybridized carbons (Fsp3) is 0.286. The zero-order valence-corrected chi connectivity index (χ0v) is 27.3. The lowest BCUT2D eigenvalue weighted by Crippen LogP contribution is -2.25. The minimum Gasteiger partial charge on any atom is -0.463 e. The van der Waals surface area contributed by atoms with Gasteiger partial charge in [-0.2, -0.15) is 0 Å². The molecule has 2 aliphatic rings. The number of ether oxygens (including phenoxy) is 3. The topological polar surface area (TPSA) is 191 Å². The van der Waals surface area contributed by atoms with Gasteiger partial charge < -0.3 is 35.5 Å². The van der Waals surface area contributed by atoms with Crippen molar-refractivity contribution in [2.45, 2.75) is 46.5 Å². The van der Waals surface area contributed by atoms with E-state index in [0.717, 1.165) is 0 Å². The summed E-state index contributed by atoms with van der Waals surface area (Å²) in [5, 5.41) is 11.3. The number of ketones is 2. The van der Waals surface area contributed by atoms with E-state index in [1.54, 1.807) is 63.3 Å². The number of allylic oxidation sites excluding steroid dienone is 6. The predicted octanol–water partition coefficient (Wildman–Crippen LogP) is 5.20. The van der Waals surface area contributed by atoms with Crippen LogP contribution in [0.2, 0.25) is 0 Å². The highest BCUT2D eigenvalue weighted by atomic mass is 16.5. The van der Waals surface area contributed by atoms with Gasteiger partial charge in [-0.05, 0) is 45.7 Å². The molecule has 14 heteroatoms. The molecule has 0 bridgehead atoms. The van der Waals surface area contributed by atoms with E-state index in [2.05, 4.69) is 26.3 Å². The fourth-order valence-electron chi connectivity index (χ4n) is 4.87. The molecule has 0 atom stereocenters. The van der Waals surface area contributed by atoms with Crippen LogP contribution in [0.1, 0.15) is 56.9 Å². The second kappa shape index (κ2) is 17.2. The lowest BCUT2D eigenvalue weighted by Gasteiger charge is -2.22. The van der Waals surface area contributed by atoms with Crippen molar-refractivity contribution in [3.8, 4) is 0 Å². The third-order valence-corrected chi connectivity index (χ3v) is 7.02. The van der Waals surface area contributed by atoms with E-state index in [1.165, 1.54) is 18.2 Å². The van der Waals surface area contributed by atoms with Crippen molar-refractivity contribution in [1.29, 1.82) is 0 Å². The first-order valence-electron chi connectivity index (χ1n) is 15.7. The van der Waals surface area contributed by atoms with E-state index >= 15 is 0 Å². The largest absolute Gasteiger partial charge is 0.463 e. The number of rotatable bonds is 12. The Bertz CT molecular complexity index is 1760. The Morgan fingerprint density at radius 2 is 1.31 bits per heavy atom. The highest BCUT2D eigenvalue weighted by Crippen LogP contribution is 2.33. The zero-order valence-electron chi connectivity index (χ0n) is 27.3. The van der Waals surface area contributed by atoms with Crippen molar-refractivity contribution < 1.29 is 43.0 Å². The van der Waals surface area contributed by atoms with Crippen LogP contribution in [0.4, 0.5) is 27.7 Å². The standard InChI is InChI=1S/C35H37N5O9/c1-4-47-30(43)18-21-12-14-24(27(41)16-21)37-26-20-29(38-25-15-13-22(17-28(25)42)19-31(44)48-5-2)39-33(34(45)49-6-3)32(26)40-35(46)36-23-10-8-7-9-11-23/h7-11,14-15,18-20H,4-6,12-13,16-17H2,1-3H3,(H2,36,40,46)(H2,37,38,39). The Balaban J connectivity index is 1.72. The van der Waals surface area contributed by atoms with Gasteiger partial charge in [-0.1, -0.05) is 41.5 Å². The molecule has 0 radical (unpaired) electrons. The SMILES string of the molecule is CCOC(=O)C=C1CC=C(Nc2cc(NC3=CCC(=CC(=O)OCC)CC3=O)c(NC(=O)Nc3ccccc3)c(C(=O)OCC)n2)C(=O)C1. The van der Waals surface area contributed by atoms with Crippen molar-refractivity contribution in [3.63, 3.8) is 0 Å². The Morgan fingerprint density at radius 1 is 0.755 bits per heavy atom. The molecule has 256 valence electrons. The molecular weight excluding hydrogens is 634 g/mol. The van der Waals surface area contributed by atoms with Crippen molar-refractivity contribution in [3.05, 3.63) is 88.9 Å². The summed E-state index contributed by atoms with van der Waals surface area (Å²) in [6.45, 7) is 5.37. The summed E-state index contributed by atoms with van der Waals surface area (Å²) in [6, 6.07) is 9.31. The molecule has 0 aliphatic heterocycles. The summed E-state index contributed by atoms with van der Waals surface area (Å²) >= 11 is 0. The number of aromatic nitrogens is 1. The number of hydrogen-bond donors (Lipinski definition) is 4. The number of hydrogen-bond acceptors (Lipinski definition) is 12. The first kappa shape index (κ1) is 35.8. The van der Waals surface area contributed by atoms with Gasteiger partial charge in [0.1, 0.15) is 5.82 Å². The minimum absolute atomic E-state index is 0.00495. The lowest BCUT2D eigenvalue weighted by molar-refractivity contribution is -0.138. The number of anilines is 4. The minimum atomic E-state index is -0.878. The molecule has 49 heavy (non-hydrogen) atoms. The number of nitrogens with zero attached hydrogens (tertiary/aromatic N) is 1. The second-order valence-electron chi connectivity index (χ2n) is 10.6. The van der Waals surface area contributed by atoms with Gasteiger partial charge in [-0.3, -0.25) is 9.59 Å². The van der Waals surface area contributed by atoms with Crippen LogP contribution in [0.5, 0.6) is 0 Å². The number of Topliss-reactive ketones (excluding diaryl/α,β-unsaturated/α-hetero) is 2. The van der Waals surface area contributed by atoms with Crippen LogP contribution < -0.4 is 21.3 Å². The molecule has 0 fully saturated rings. The summed E-state index contributed by atoms with van der Waals surface area (Å²) in [7, 11) is 0. The van der Waals surface area contributed by atoms with Crippen LogP contribution in [-0.2, 0) is 33.4 Å². The second-order valence-corrected chi connectivity index (χ2v) is 10.6. The Labute approximate surface area is 282 Å². The van der Waals surface area contributed by atoms with Gasteiger partial charge in [0.2, 0.25) is 0 Å². The van der Waals surface area contributed by atoms with Gasteiger partial charge >= 0.3 is 23.9 Å². The number of nitrogens with one attached hydrogen (secondary N) is 4. The Kier molecular flexibility index (Phi) is 12.6. The molecular formula is C35H37N5O9. The highest BCUT2D eigenvalue weighted by Gasteiger charge is 2.27. The summed E-state index contributed by atoms with van der Waals surface area (Å²) < 4.78 is 15.1. The number of carbonyl (C=O) groups is 6. The molecule has 2 amide bonds. The highest BCUT2D eigenvalue weighted by molar-refractivity contribution is 6.10. The molecule has 2 aliphatic carbocycles. The van der Waals surface area contributed by atoms with Gasteiger partial charge in [-0.15, -0.1) is 0 Å². The molecule has 4 rings (SSSR count). The molecule has 14 nitrogen and oxygen atoms in total. The molecule has 0 spiro atoms. The monoisotopic (exact) mass is 671 g/mol. The van der Waals surface area contributed by atoms with Crippen molar-refractivity contribution in [1.82, 2.24) is 4.98 Å². The summed E-state index contributed by atoms with van der Waals surface area (Å²) in [6.07, 6.45) is 6.16. The molecule has 1 aromatic carbocycles. The average Bonchev–Trinajstić information content (AvgIpc) is 3.05. The van der Waals surface area contributed by atoms with Crippen molar-refractivity contribution in [2.75, 3.05) is 41.1 Å². The van der Waals surface area contributed by atoms with Crippen LogP contribution in [0.25, 0.3) is 0 Å². The van der Waals surface area contributed by atoms with E-state index in [4.69, 9.17) is 14.2 Å². The van der Waals surface area contributed by atoms with E-state index in [1.807, 2.05) is 0 Å². The number of pyridine rings is 1. The van der Waals surface area contributed by atoms with E-state index in [9.17, 15) is 28.8 Å². The molecule has 1 heterocycles. The lowest BCUT2D eigenvalue weighted by atomic mass is 9.96. The zero-order chi connectivity index (χ0) is 35.3. The van der Waals surface area contributed by atoms with Crippen LogP contribution in [-0.4, -0.2) is 60.3 Å². The van der Waals surface area contributed by atoms with Gasteiger partial charge in [0.05, 0.1) is 42.6 Å². The number of esters is 3. The van der Waals surface area contributed by atoms with Gasteiger partial charge in [0, 0.05) is 36.7 Å². The summed E-state index contributed by atoms with van der Waals surface area (Å²) in [4.78, 5) is 80.8. The number of amides is 2. The van der Waals surface area contributed by atoms with E-state index < -0.39 is 23.9 Å². The van der Waals surface area contributed by atoms with Crippen LogP contribution in [0, 0.1) is 0 Å². The fourth-order valence-corrected chi connectivity index (χ4v) is 4.87. The maximum atomic E-state index is 13.2. The first-order chi connectivity index (χ1) is 23.6. The number of para-hydroxylation sites is 1. The molecule has 2 aromatic rings. The first-order valence-corrected chi connectivity index (χ1v) is 15.7. The van der Waals surface area contributed by atoms with Crippen LogP contribution in [0.3, 0.4) is 0 Å². The quantitative estimate of drug-likeness (QED) is 0.131. The summed E-state index contributed by atoms with van der Waals surface area (Å²) in [5.74, 6) is -2.64. The number of urea groups is 1. The van der Waals surface area contributed by atoms with E-state index in [-0.39, 0.29) is 91.4 Å². The van der Waals surface area contributed by atoms with Crippen molar-refractivity contribution in [2.24, 2.45) is 0 Å². The van der Waals surface area contributed by atoms with Gasteiger partial charge in [0.25, 0.3) is 0 Å².